The van der Waals surface area contributed by atoms with E-state index in [0.717, 1.165) is 36.8 Å². The van der Waals surface area contributed by atoms with Crippen LogP contribution < -0.4 is 10.1 Å². The molecule has 0 aromatic heterocycles. The lowest BCUT2D eigenvalue weighted by atomic mass is 9.86. The Hall–Kier alpha value is -2.53. The zero-order valence-electron chi connectivity index (χ0n) is 20.1. The molecule has 2 aromatic rings. The molecule has 0 bridgehead atoms. The molecule has 1 aliphatic carbocycles. The first-order valence-electron chi connectivity index (χ1n) is 11.7. The van der Waals surface area contributed by atoms with Crippen molar-refractivity contribution in [3.63, 3.8) is 0 Å². The second-order valence-electron chi connectivity index (χ2n) is 9.85. The molecule has 6 heteroatoms. The Morgan fingerprint density at radius 3 is 2.48 bits per heavy atom. The van der Waals surface area contributed by atoms with Gasteiger partial charge in [-0.3, -0.25) is 9.59 Å². The lowest BCUT2D eigenvalue weighted by molar-refractivity contribution is -0.142. The van der Waals surface area contributed by atoms with E-state index in [0.29, 0.717) is 10.8 Å². The van der Waals surface area contributed by atoms with Gasteiger partial charge in [0, 0.05) is 17.6 Å². The highest BCUT2D eigenvalue weighted by atomic mass is 35.5. The Morgan fingerprint density at radius 1 is 1.12 bits per heavy atom. The van der Waals surface area contributed by atoms with E-state index in [4.69, 9.17) is 16.3 Å². The van der Waals surface area contributed by atoms with Crippen LogP contribution >= 0.6 is 11.6 Å². The van der Waals surface area contributed by atoms with Crippen LogP contribution in [0.15, 0.2) is 48.5 Å². The van der Waals surface area contributed by atoms with Gasteiger partial charge in [-0.15, -0.1) is 0 Å². The number of benzene rings is 2. The lowest BCUT2D eigenvalue weighted by Crippen LogP contribution is -2.50. The molecule has 1 atom stereocenters. The van der Waals surface area contributed by atoms with E-state index in [1.165, 1.54) is 0 Å². The van der Waals surface area contributed by atoms with Crippen LogP contribution in [-0.2, 0) is 21.5 Å². The van der Waals surface area contributed by atoms with E-state index in [-0.39, 0.29) is 36.4 Å². The van der Waals surface area contributed by atoms with Crippen LogP contribution in [0.2, 0.25) is 5.02 Å². The Balaban J connectivity index is 1.76. The van der Waals surface area contributed by atoms with Crippen molar-refractivity contribution in [3.05, 3.63) is 64.7 Å². The number of nitrogens with one attached hydrogen (secondary N) is 1. The fourth-order valence-electron chi connectivity index (χ4n) is 4.24. The molecule has 1 aliphatic rings. The van der Waals surface area contributed by atoms with Crippen molar-refractivity contribution in [3.8, 4) is 5.75 Å². The summed E-state index contributed by atoms with van der Waals surface area (Å²) >= 11 is 6.16. The number of amides is 2. The van der Waals surface area contributed by atoms with Gasteiger partial charge in [0.15, 0.2) is 6.61 Å². The minimum absolute atomic E-state index is 0.116. The maximum absolute atomic E-state index is 13.3. The Bertz CT molecular complexity index is 964. The van der Waals surface area contributed by atoms with Crippen molar-refractivity contribution in [2.75, 3.05) is 6.61 Å². The number of para-hydroxylation sites is 1. The topological polar surface area (TPSA) is 58.6 Å². The number of hydrogen-bond acceptors (Lipinski definition) is 3. The van der Waals surface area contributed by atoms with Gasteiger partial charge in [0.25, 0.3) is 5.91 Å². The number of hydrogen-bond donors (Lipinski definition) is 1. The fraction of sp³-hybridized carbons (Fsp3) is 0.481. The standard InChI is InChI=1S/C27H35ClN2O3/c1-19(26(32)29-22-12-5-6-13-22)30(17-20-10-9-11-21(28)16-20)25(31)18-33-24-15-8-7-14-23(24)27(2,3)4/h7-11,14-16,19,22H,5-6,12-13,17-18H2,1-4H3,(H,29,32)/t19-/m0/s1. The Labute approximate surface area is 202 Å². The molecular weight excluding hydrogens is 436 g/mol. The minimum atomic E-state index is -0.626. The van der Waals surface area contributed by atoms with Crippen molar-refractivity contribution in [2.24, 2.45) is 0 Å². The minimum Gasteiger partial charge on any atom is -0.483 e. The van der Waals surface area contributed by atoms with E-state index < -0.39 is 6.04 Å². The number of ether oxygens (including phenoxy) is 1. The van der Waals surface area contributed by atoms with Gasteiger partial charge >= 0.3 is 0 Å². The molecule has 0 heterocycles. The molecule has 0 saturated heterocycles. The van der Waals surface area contributed by atoms with Crippen LogP contribution in [-0.4, -0.2) is 35.4 Å². The molecule has 0 radical (unpaired) electrons. The second-order valence-corrected chi connectivity index (χ2v) is 10.3. The van der Waals surface area contributed by atoms with Crippen molar-refractivity contribution < 1.29 is 14.3 Å². The highest BCUT2D eigenvalue weighted by Crippen LogP contribution is 2.31. The van der Waals surface area contributed by atoms with Gasteiger partial charge in [-0.25, -0.2) is 0 Å². The monoisotopic (exact) mass is 470 g/mol. The summed E-state index contributed by atoms with van der Waals surface area (Å²) in [4.78, 5) is 27.9. The van der Waals surface area contributed by atoms with Crippen LogP contribution in [0, 0.1) is 0 Å². The zero-order valence-corrected chi connectivity index (χ0v) is 20.8. The molecule has 0 unspecified atom stereocenters. The van der Waals surface area contributed by atoms with Crippen LogP contribution in [0.5, 0.6) is 5.75 Å². The molecule has 1 fully saturated rings. The highest BCUT2D eigenvalue weighted by Gasteiger charge is 2.29. The summed E-state index contributed by atoms with van der Waals surface area (Å²) in [5.41, 5.74) is 1.78. The van der Waals surface area contributed by atoms with E-state index in [1.807, 2.05) is 42.5 Å². The van der Waals surface area contributed by atoms with Gasteiger partial charge in [-0.05, 0) is 54.5 Å². The SMILES string of the molecule is C[C@@H](C(=O)NC1CCCC1)N(Cc1cccc(Cl)c1)C(=O)COc1ccccc1C(C)(C)C. The van der Waals surface area contributed by atoms with Crippen LogP contribution in [0.3, 0.4) is 0 Å². The van der Waals surface area contributed by atoms with Gasteiger partial charge in [-0.1, -0.05) is 75.5 Å². The lowest BCUT2D eigenvalue weighted by Gasteiger charge is -2.30. The maximum atomic E-state index is 13.3. The van der Waals surface area contributed by atoms with Crippen molar-refractivity contribution in [2.45, 2.75) is 77.4 Å². The Morgan fingerprint density at radius 2 is 1.82 bits per heavy atom. The number of carbonyl (C=O) groups is 2. The molecule has 33 heavy (non-hydrogen) atoms. The summed E-state index contributed by atoms with van der Waals surface area (Å²) in [6, 6.07) is 14.7. The van der Waals surface area contributed by atoms with E-state index in [1.54, 1.807) is 17.9 Å². The van der Waals surface area contributed by atoms with Gasteiger partial charge in [0.1, 0.15) is 11.8 Å². The molecule has 0 spiro atoms. The molecule has 0 aliphatic heterocycles. The molecule has 2 amide bonds. The summed E-state index contributed by atoms with van der Waals surface area (Å²) in [6.45, 7) is 8.24. The van der Waals surface area contributed by atoms with Crippen molar-refractivity contribution in [1.29, 1.82) is 0 Å². The quantitative estimate of drug-likeness (QED) is 0.554. The number of halogens is 1. The van der Waals surface area contributed by atoms with Gasteiger partial charge in [0.2, 0.25) is 5.91 Å². The number of rotatable bonds is 8. The second kappa shape index (κ2) is 11.1. The maximum Gasteiger partial charge on any atom is 0.261 e. The first kappa shape index (κ1) is 25.1. The summed E-state index contributed by atoms with van der Waals surface area (Å²) in [7, 11) is 0. The molecule has 1 saturated carbocycles. The number of carbonyl (C=O) groups excluding carboxylic acids is 2. The summed E-state index contributed by atoms with van der Waals surface area (Å²) in [5, 5.41) is 3.71. The molecule has 178 valence electrons. The van der Waals surface area contributed by atoms with Gasteiger partial charge < -0.3 is 15.0 Å². The third-order valence-corrected chi connectivity index (χ3v) is 6.39. The molecule has 3 rings (SSSR count). The van der Waals surface area contributed by atoms with E-state index in [2.05, 4.69) is 26.1 Å². The molecule has 2 aromatic carbocycles. The smallest absolute Gasteiger partial charge is 0.261 e. The molecule has 1 N–H and O–H groups in total. The predicted molar refractivity (Wildman–Crippen MR) is 132 cm³/mol. The van der Waals surface area contributed by atoms with Crippen molar-refractivity contribution >= 4 is 23.4 Å². The summed E-state index contributed by atoms with van der Waals surface area (Å²) in [6.07, 6.45) is 4.25. The number of nitrogens with zero attached hydrogens (tertiary/aromatic N) is 1. The molecular formula is C27H35ClN2O3. The highest BCUT2D eigenvalue weighted by molar-refractivity contribution is 6.30. The normalized spacial score (nSPS) is 15.2. The first-order chi connectivity index (χ1) is 15.6. The predicted octanol–water partition coefficient (Wildman–Crippen LogP) is 5.49. The third-order valence-electron chi connectivity index (χ3n) is 6.16. The van der Waals surface area contributed by atoms with Gasteiger partial charge in [0.05, 0.1) is 0 Å². The average Bonchev–Trinajstić information content (AvgIpc) is 3.28. The van der Waals surface area contributed by atoms with Crippen LogP contribution in [0.4, 0.5) is 0 Å². The Kier molecular flexibility index (Phi) is 8.41. The summed E-state index contributed by atoms with van der Waals surface area (Å²) < 4.78 is 5.98. The van der Waals surface area contributed by atoms with E-state index in [9.17, 15) is 9.59 Å². The van der Waals surface area contributed by atoms with Crippen molar-refractivity contribution in [1.82, 2.24) is 10.2 Å². The van der Waals surface area contributed by atoms with Crippen LogP contribution in [0.1, 0.15) is 64.5 Å². The van der Waals surface area contributed by atoms with E-state index >= 15 is 0 Å². The first-order valence-corrected chi connectivity index (χ1v) is 12.1. The van der Waals surface area contributed by atoms with Crippen LogP contribution in [0.25, 0.3) is 0 Å². The average molecular weight is 471 g/mol. The zero-order chi connectivity index (χ0) is 24.0. The fourth-order valence-corrected chi connectivity index (χ4v) is 4.45. The summed E-state index contributed by atoms with van der Waals surface area (Å²) in [5.74, 6) is 0.309. The largest absolute Gasteiger partial charge is 0.483 e. The third kappa shape index (κ3) is 6.97. The molecule has 5 nitrogen and oxygen atoms in total. The van der Waals surface area contributed by atoms with Gasteiger partial charge in [-0.2, -0.15) is 0 Å².